The molecule has 0 aliphatic carbocycles. The number of anilines is 1. The highest BCUT2D eigenvalue weighted by Crippen LogP contribution is 2.18. The Morgan fingerprint density at radius 1 is 1.42 bits per heavy atom. The molecule has 1 fully saturated rings. The first-order valence-corrected chi connectivity index (χ1v) is 10.9. The molecule has 2 rings (SSSR count). The van der Waals surface area contributed by atoms with Crippen LogP contribution in [-0.2, 0) is 16.6 Å². The Hall–Kier alpha value is -0.660. The van der Waals surface area contributed by atoms with Crippen LogP contribution in [0.2, 0.25) is 0 Å². The summed E-state index contributed by atoms with van der Waals surface area (Å²) in [6, 6.07) is 0.224. The van der Waals surface area contributed by atoms with Crippen LogP contribution in [0, 0.1) is 0 Å². The molecule has 11 heteroatoms. The number of rotatable bonds is 6. The maximum atomic E-state index is 11.9. The number of guanidine groups is 1. The molecule has 8 nitrogen and oxygen atoms in total. The number of aliphatic imine (C=N–C) groups is 1. The molecule has 1 aromatic heterocycles. The van der Waals surface area contributed by atoms with Crippen molar-refractivity contribution in [3.05, 3.63) is 11.1 Å². The van der Waals surface area contributed by atoms with E-state index in [2.05, 4.69) is 20.6 Å². The van der Waals surface area contributed by atoms with E-state index >= 15 is 0 Å². The molecule has 0 atom stereocenters. The van der Waals surface area contributed by atoms with Gasteiger partial charge in [0.15, 0.2) is 11.1 Å². The Kier molecular flexibility index (Phi) is 9.55. The zero-order valence-electron chi connectivity index (χ0n) is 15.7. The van der Waals surface area contributed by atoms with Gasteiger partial charge in [-0.25, -0.2) is 17.7 Å². The summed E-state index contributed by atoms with van der Waals surface area (Å²) in [6.07, 6.45) is 1.56. The van der Waals surface area contributed by atoms with Gasteiger partial charge in [0, 0.05) is 45.7 Å². The molecule has 0 unspecified atom stereocenters. The number of hydrogen-bond acceptors (Lipinski definition) is 6. The van der Waals surface area contributed by atoms with Gasteiger partial charge in [-0.2, -0.15) is 0 Å². The lowest BCUT2D eigenvalue weighted by Crippen LogP contribution is -2.49. The summed E-state index contributed by atoms with van der Waals surface area (Å²) in [5.74, 6) is 0.882. The first kappa shape index (κ1) is 23.4. The van der Waals surface area contributed by atoms with E-state index in [1.165, 1.54) is 0 Å². The molecule has 1 saturated heterocycles. The van der Waals surface area contributed by atoms with Crippen molar-refractivity contribution in [2.45, 2.75) is 32.4 Å². The minimum Gasteiger partial charge on any atom is -0.354 e. The van der Waals surface area contributed by atoms with Gasteiger partial charge in [-0.3, -0.25) is 4.99 Å². The van der Waals surface area contributed by atoms with Crippen molar-refractivity contribution >= 4 is 56.4 Å². The second-order valence-electron chi connectivity index (χ2n) is 6.16. The Morgan fingerprint density at radius 2 is 2.08 bits per heavy atom. The van der Waals surface area contributed by atoms with E-state index in [0.29, 0.717) is 19.6 Å². The summed E-state index contributed by atoms with van der Waals surface area (Å²) in [5.41, 5.74) is 0.973. The van der Waals surface area contributed by atoms with Gasteiger partial charge in [0.1, 0.15) is 0 Å². The van der Waals surface area contributed by atoms with E-state index in [1.807, 2.05) is 24.4 Å². The fourth-order valence-corrected chi connectivity index (χ4v) is 4.50. The lowest BCUT2D eigenvalue weighted by molar-refractivity contribution is 0.306. The molecule has 1 aromatic rings. The zero-order chi connectivity index (χ0) is 18.4. The number of piperidine rings is 1. The van der Waals surface area contributed by atoms with Gasteiger partial charge < -0.3 is 15.5 Å². The van der Waals surface area contributed by atoms with Crippen molar-refractivity contribution in [3.8, 4) is 0 Å². The number of aromatic nitrogens is 1. The van der Waals surface area contributed by atoms with E-state index in [1.54, 1.807) is 29.6 Å². The second-order valence-corrected chi connectivity index (χ2v) is 9.25. The fourth-order valence-electron chi connectivity index (χ4n) is 2.61. The van der Waals surface area contributed by atoms with Crippen molar-refractivity contribution in [3.63, 3.8) is 0 Å². The van der Waals surface area contributed by atoms with Crippen LogP contribution >= 0.6 is 35.3 Å². The third kappa shape index (κ3) is 6.50. The van der Waals surface area contributed by atoms with E-state index in [0.717, 1.165) is 29.6 Å². The van der Waals surface area contributed by atoms with Crippen LogP contribution in [0.4, 0.5) is 5.13 Å². The predicted octanol–water partition coefficient (Wildman–Crippen LogP) is 1.31. The molecule has 0 spiro atoms. The van der Waals surface area contributed by atoms with Crippen LogP contribution in [0.15, 0.2) is 10.4 Å². The van der Waals surface area contributed by atoms with Crippen LogP contribution < -0.4 is 15.5 Å². The standard InChI is InChI=1S/C15H28N6O2S2.HI/c1-5-25(22,23)21-8-6-12(7-9-21)18-14(16-2)17-10-13-11-24-15(19-13)20(3)4;/h11-12H,5-10H2,1-4H3,(H2,16,17,18);1H. The molecule has 0 amide bonds. The fraction of sp³-hybridized carbons (Fsp3) is 0.733. The summed E-state index contributed by atoms with van der Waals surface area (Å²) in [5, 5.41) is 9.66. The summed E-state index contributed by atoms with van der Waals surface area (Å²) < 4.78 is 25.4. The number of hydrogen-bond donors (Lipinski definition) is 2. The average Bonchev–Trinajstić information content (AvgIpc) is 3.08. The van der Waals surface area contributed by atoms with Crippen LogP contribution in [-0.4, -0.2) is 69.7 Å². The van der Waals surface area contributed by atoms with Gasteiger partial charge in [0.25, 0.3) is 0 Å². The quantitative estimate of drug-likeness (QED) is 0.337. The van der Waals surface area contributed by atoms with Crippen molar-refractivity contribution in [1.82, 2.24) is 19.9 Å². The van der Waals surface area contributed by atoms with Gasteiger partial charge in [0.05, 0.1) is 18.0 Å². The van der Waals surface area contributed by atoms with Crippen molar-refractivity contribution in [2.24, 2.45) is 4.99 Å². The number of nitrogens with one attached hydrogen (secondary N) is 2. The number of nitrogens with zero attached hydrogens (tertiary/aromatic N) is 4. The van der Waals surface area contributed by atoms with Crippen molar-refractivity contribution in [2.75, 3.05) is 44.9 Å². The highest BCUT2D eigenvalue weighted by molar-refractivity contribution is 14.0. The molecule has 0 radical (unpaired) electrons. The van der Waals surface area contributed by atoms with E-state index in [9.17, 15) is 8.42 Å². The smallest absolute Gasteiger partial charge is 0.213 e. The minimum absolute atomic E-state index is 0. The maximum Gasteiger partial charge on any atom is 0.213 e. The van der Waals surface area contributed by atoms with Crippen LogP contribution in [0.5, 0.6) is 0 Å². The molecule has 1 aliphatic heterocycles. The molecule has 2 N–H and O–H groups in total. The third-order valence-electron chi connectivity index (χ3n) is 4.14. The molecular formula is C15H29IN6O2S2. The molecule has 2 heterocycles. The largest absolute Gasteiger partial charge is 0.354 e. The molecule has 0 saturated carbocycles. The second kappa shape index (κ2) is 10.6. The minimum atomic E-state index is -3.08. The van der Waals surface area contributed by atoms with E-state index in [4.69, 9.17) is 0 Å². The lowest BCUT2D eigenvalue weighted by Gasteiger charge is -2.32. The topological polar surface area (TPSA) is 89.9 Å². The molecular weight excluding hydrogens is 487 g/mol. The molecule has 0 aromatic carbocycles. The zero-order valence-corrected chi connectivity index (χ0v) is 19.7. The molecule has 0 bridgehead atoms. The summed E-state index contributed by atoms with van der Waals surface area (Å²) >= 11 is 1.61. The Morgan fingerprint density at radius 3 is 2.58 bits per heavy atom. The monoisotopic (exact) mass is 516 g/mol. The molecule has 26 heavy (non-hydrogen) atoms. The maximum absolute atomic E-state index is 11.9. The normalized spacial score (nSPS) is 16.8. The van der Waals surface area contributed by atoms with Gasteiger partial charge in [0.2, 0.25) is 10.0 Å². The van der Waals surface area contributed by atoms with Crippen molar-refractivity contribution < 1.29 is 8.42 Å². The van der Waals surface area contributed by atoms with Gasteiger partial charge in [-0.15, -0.1) is 35.3 Å². The number of sulfonamides is 1. The van der Waals surface area contributed by atoms with Crippen LogP contribution in [0.25, 0.3) is 0 Å². The molecule has 150 valence electrons. The van der Waals surface area contributed by atoms with Crippen LogP contribution in [0.3, 0.4) is 0 Å². The SMILES string of the molecule is CCS(=O)(=O)N1CCC(NC(=NC)NCc2csc(N(C)C)n2)CC1.I. The lowest BCUT2D eigenvalue weighted by atomic mass is 10.1. The Labute approximate surface area is 177 Å². The Balaban J connectivity index is 0.00000338. The first-order chi connectivity index (χ1) is 11.9. The van der Waals surface area contributed by atoms with E-state index < -0.39 is 10.0 Å². The summed E-state index contributed by atoms with van der Waals surface area (Å²) in [6.45, 7) is 3.41. The number of halogens is 1. The van der Waals surface area contributed by atoms with Gasteiger partial charge in [-0.05, 0) is 19.8 Å². The van der Waals surface area contributed by atoms with E-state index in [-0.39, 0.29) is 35.8 Å². The third-order valence-corrected chi connectivity index (χ3v) is 7.07. The predicted molar refractivity (Wildman–Crippen MR) is 119 cm³/mol. The van der Waals surface area contributed by atoms with Gasteiger partial charge in [-0.1, -0.05) is 0 Å². The van der Waals surface area contributed by atoms with Gasteiger partial charge >= 0.3 is 0 Å². The first-order valence-electron chi connectivity index (χ1n) is 8.42. The summed E-state index contributed by atoms with van der Waals surface area (Å²) in [4.78, 5) is 10.8. The van der Waals surface area contributed by atoms with Crippen LogP contribution in [0.1, 0.15) is 25.5 Å². The summed E-state index contributed by atoms with van der Waals surface area (Å²) in [7, 11) is 2.60. The molecule has 1 aliphatic rings. The number of thiazole rings is 1. The Bertz CT molecular complexity index is 684. The average molecular weight is 516 g/mol. The van der Waals surface area contributed by atoms with Crippen molar-refractivity contribution in [1.29, 1.82) is 0 Å². The highest BCUT2D eigenvalue weighted by Gasteiger charge is 2.26. The highest BCUT2D eigenvalue weighted by atomic mass is 127.